The maximum atomic E-state index is 12.5. The summed E-state index contributed by atoms with van der Waals surface area (Å²) in [7, 11) is 0. The topological polar surface area (TPSA) is 53.5 Å². The minimum absolute atomic E-state index is 0.182. The highest BCUT2D eigenvalue weighted by atomic mass is 16.2. The molecule has 0 aliphatic carbocycles. The number of hydrogen-bond acceptors (Lipinski definition) is 3. The van der Waals surface area contributed by atoms with Crippen LogP contribution in [0.15, 0.2) is 90.0 Å². The van der Waals surface area contributed by atoms with Crippen LogP contribution in [0.4, 0.5) is 5.69 Å². The predicted molar refractivity (Wildman–Crippen MR) is 121 cm³/mol. The molecule has 29 heavy (non-hydrogen) atoms. The van der Waals surface area contributed by atoms with E-state index in [4.69, 9.17) is 0 Å². The van der Waals surface area contributed by atoms with Crippen LogP contribution in [0.25, 0.3) is 21.5 Å². The third-order valence-corrected chi connectivity index (χ3v) is 5.03. The molecule has 2 N–H and O–H groups in total. The zero-order valence-corrected chi connectivity index (χ0v) is 16.5. The molecule has 1 amide bonds. The van der Waals surface area contributed by atoms with E-state index >= 15 is 0 Å². The van der Waals surface area contributed by atoms with Crippen molar-refractivity contribution in [2.24, 2.45) is 5.10 Å². The second-order valence-electron chi connectivity index (χ2n) is 7.16. The van der Waals surface area contributed by atoms with E-state index in [1.807, 2.05) is 62.4 Å². The van der Waals surface area contributed by atoms with Crippen LogP contribution in [0.5, 0.6) is 0 Å². The van der Waals surface area contributed by atoms with Crippen molar-refractivity contribution in [3.8, 4) is 0 Å². The van der Waals surface area contributed by atoms with Crippen molar-refractivity contribution < 1.29 is 4.79 Å². The van der Waals surface area contributed by atoms with Crippen LogP contribution in [0, 0.1) is 0 Å². The first kappa shape index (κ1) is 18.7. The summed E-state index contributed by atoms with van der Waals surface area (Å²) in [5, 5.41) is 12.2. The van der Waals surface area contributed by atoms with Gasteiger partial charge in [-0.2, -0.15) is 5.10 Å². The van der Waals surface area contributed by atoms with Crippen LogP contribution in [0.2, 0.25) is 0 Å². The Kier molecular flexibility index (Phi) is 5.25. The molecule has 4 heteroatoms. The van der Waals surface area contributed by atoms with E-state index in [0.29, 0.717) is 0 Å². The highest BCUT2D eigenvalue weighted by Crippen LogP contribution is 2.19. The van der Waals surface area contributed by atoms with E-state index in [-0.39, 0.29) is 5.91 Å². The molecule has 0 bridgehead atoms. The number of amides is 1. The number of hydrogen-bond donors (Lipinski definition) is 2. The predicted octanol–water partition coefficient (Wildman–Crippen LogP) is 5.33. The van der Waals surface area contributed by atoms with Gasteiger partial charge in [-0.15, -0.1) is 0 Å². The number of anilines is 1. The van der Waals surface area contributed by atoms with Crippen LogP contribution >= 0.6 is 0 Å². The minimum Gasteiger partial charge on any atom is -0.374 e. The van der Waals surface area contributed by atoms with Crippen molar-refractivity contribution in [2.75, 3.05) is 5.32 Å². The number of rotatable bonds is 5. The van der Waals surface area contributed by atoms with Crippen molar-refractivity contribution in [2.45, 2.75) is 19.9 Å². The molecular weight excluding hydrogens is 358 g/mol. The first-order chi connectivity index (χ1) is 14.1. The highest BCUT2D eigenvalue weighted by molar-refractivity contribution is 6.02. The average molecular weight is 381 g/mol. The molecular formula is C25H23N3O. The van der Waals surface area contributed by atoms with Gasteiger partial charge in [-0.3, -0.25) is 4.79 Å². The number of carbonyl (C=O) groups excluding carboxylic acids is 1. The molecule has 4 nitrogen and oxygen atoms in total. The van der Waals surface area contributed by atoms with Gasteiger partial charge in [-0.25, -0.2) is 5.43 Å². The zero-order valence-electron chi connectivity index (χ0n) is 16.5. The smallest absolute Gasteiger partial charge is 0.262 e. The van der Waals surface area contributed by atoms with Gasteiger partial charge in [0.1, 0.15) is 6.04 Å². The van der Waals surface area contributed by atoms with Crippen LogP contribution in [-0.2, 0) is 4.79 Å². The lowest BCUT2D eigenvalue weighted by Gasteiger charge is -2.14. The number of hydrazone groups is 1. The molecule has 0 radical (unpaired) electrons. The molecule has 0 saturated heterocycles. The van der Waals surface area contributed by atoms with E-state index < -0.39 is 6.04 Å². The average Bonchev–Trinajstić information content (AvgIpc) is 2.76. The van der Waals surface area contributed by atoms with Gasteiger partial charge >= 0.3 is 0 Å². The van der Waals surface area contributed by atoms with Gasteiger partial charge in [0, 0.05) is 5.69 Å². The Morgan fingerprint density at radius 3 is 2.07 bits per heavy atom. The molecule has 0 aromatic heterocycles. The molecule has 1 unspecified atom stereocenters. The summed E-state index contributed by atoms with van der Waals surface area (Å²) in [5.74, 6) is -0.182. The van der Waals surface area contributed by atoms with Crippen LogP contribution in [0.3, 0.4) is 0 Å². The van der Waals surface area contributed by atoms with E-state index in [1.165, 1.54) is 10.8 Å². The van der Waals surface area contributed by atoms with Gasteiger partial charge in [0.2, 0.25) is 0 Å². The Morgan fingerprint density at radius 1 is 0.793 bits per heavy atom. The Balaban J connectivity index is 1.42. The summed E-state index contributed by atoms with van der Waals surface area (Å²) >= 11 is 0. The molecule has 4 aromatic rings. The minimum atomic E-state index is -0.413. The molecule has 0 aliphatic rings. The van der Waals surface area contributed by atoms with E-state index in [2.05, 4.69) is 52.2 Å². The second-order valence-corrected chi connectivity index (χ2v) is 7.16. The Labute approximate surface area is 170 Å². The fourth-order valence-electron chi connectivity index (χ4n) is 3.31. The quantitative estimate of drug-likeness (QED) is 0.362. The number of fused-ring (bicyclic) bond motifs is 2. The van der Waals surface area contributed by atoms with Crippen LogP contribution in [0.1, 0.15) is 19.4 Å². The van der Waals surface area contributed by atoms with E-state index in [0.717, 1.165) is 27.7 Å². The SMILES string of the molecule is CC(=NNC(=O)C(C)Nc1ccc2ccccc2c1)c1ccc2ccccc2c1. The third-order valence-electron chi connectivity index (χ3n) is 5.03. The van der Waals surface area contributed by atoms with Crippen molar-refractivity contribution >= 4 is 38.9 Å². The lowest BCUT2D eigenvalue weighted by molar-refractivity contribution is -0.121. The van der Waals surface area contributed by atoms with Crippen LogP contribution in [-0.4, -0.2) is 17.7 Å². The van der Waals surface area contributed by atoms with Gasteiger partial charge < -0.3 is 5.32 Å². The molecule has 0 spiro atoms. The van der Waals surface area contributed by atoms with Gasteiger partial charge in [-0.05, 0) is 59.2 Å². The molecule has 144 valence electrons. The summed E-state index contributed by atoms with van der Waals surface area (Å²) < 4.78 is 0. The van der Waals surface area contributed by atoms with Crippen molar-refractivity contribution in [1.29, 1.82) is 0 Å². The molecule has 4 aromatic carbocycles. The Bertz CT molecular complexity index is 1210. The van der Waals surface area contributed by atoms with Crippen LogP contribution < -0.4 is 10.7 Å². The van der Waals surface area contributed by atoms with Crippen molar-refractivity contribution in [3.63, 3.8) is 0 Å². The normalized spacial score (nSPS) is 12.7. The lowest BCUT2D eigenvalue weighted by atomic mass is 10.0. The molecule has 1 atom stereocenters. The largest absolute Gasteiger partial charge is 0.374 e. The fraction of sp³-hybridized carbons (Fsp3) is 0.120. The maximum Gasteiger partial charge on any atom is 0.262 e. The monoisotopic (exact) mass is 381 g/mol. The molecule has 4 rings (SSSR count). The lowest BCUT2D eigenvalue weighted by Crippen LogP contribution is -2.35. The molecule has 0 fully saturated rings. The summed E-state index contributed by atoms with van der Waals surface area (Å²) in [5.41, 5.74) is 5.33. The Morgan fingerprint density at radius 2 is 1.38 bits per heavy atom. The fourth-order valence-corrected chi connectivity index (χ4v) is 3.31. The second kappa shape index (κ2) is 8.15. The Hall–Kier alpha value is -3.66. The molecule has 0 aliphatic heterocycles. The van der Waals surface area contributed by atoms with E-state index in [1.54, 1.807) is 0 Å². The van der Waals surface area contributed by atoms with Crippen molar-refractivity contribution in [1.82, 2.24) is 5.43 Å². The van der Waals surface area contributed by atoms with Gasteiger partial charge in [-0.1, -0.05) is 66.7 Å². The molecule has 0 saturated carbocycles. The first-order valence-electron chi connectivity index (χ1n) is 9.69. The summed E-state index contributed by atoms with van der Waals surface area (Å²) in [6, 6.07) is 28.2. The van der Waals surface area contributed by atoms with Gasteiger partial charge in [0.25, 0.3) is 5.91 Å². The zero-order chi connectivity index (χ0) is 20.2. The van der Waals surface area contributed by atoms with E-state index in [9.17, 15) is 4.79 Å². The van der Waals surface area contributed by atoms with Gasteiger partial charge in [0.15, 0.2) is 0 Å². The maximum absolute atomic E-state index is 12.5. The number of nitrogens with zero attached hydrogens (tertiary/aromatic N) is 1. The summed E-state index contributed by atoms with van der Waals surface area (Å²) in [6.07, 6.45) is 0. The number of nitrogens with one attached hydrogen (secondary N) is 2. The summed E-state index contributed by atoms with van der Waals surface area (Å²) in [6.45, 7) is 3.72. The first-order valence-corrected chi connectivity index (χ1v) is 9.69. The molecule has 0 heterocycles. The summed E-state index contributed by atoms with van der Waals surface area (Å²) in [4.78, 5) is 12.5. The third kappa shape index (κ3) is 4.27. The van der Waals surface area contributed by atoms with Gasteiger partial charge in [0.05, 0.1) is 5.71 Å². The number of benzene rings is 4. The van der Waals surface area contributed by atoms with Crippen molar-refractivity contribution in [3.05, 3.63) is 90.5 Å². The highest BCUT2D eigenvalue weighted by Gasteiger charge is 2.12. The standard InChI is InChI=1S/C25H23N3O/c1-17(21-12-11-19-7-3-5-9-22(19)15-21)27-28-25(29)18(2)26-24-14-13-20-8-4-6-10-23(20)16-24/h3-16,18,26H,1-2H3,(H,28,29). The number of carbonyl (C=O) groups is 1.